The summed E-state index contributed by atoms with van der Waals surface area (Å²) >= 11 is 12.6. The Bertz CT molecular complexity index is 1920. The zero-order valence-electron chi connectivity index (χ0n) is 30.6. The van der Waals surface area contributed by atoms with E-state index < -0.39 is 18.1 Å². The van der Waals surface area contributed by atoms with Gasteiger partial charge in [0.05, 0.1) is 11.4 Å². The second-order valence-electron chi connectivity index (χ2n) is 14.3. The number of aryl methyl sites for hydroxylation is 1. The van der Waals surface area contributed by atoms with Crippen molar-refractivity contribution in [1.82, 2.24) is 0 Å². The Kier molecular flexibility index (Phi) is 11.5. The van der Waals surface area contributed by atoms with E-state index in [4.69, 9.17) is 37.8 Å². The molecule has 2 unspecified atom stereocenters. The number of hydrogen-bond acceptors (Lipinski definition) is 5. The van der Waals surface area contributed by atoms with Gasteiger partial charge in [-0.25, -0.2) is 0 Å². The smallest absolute Gasteiger partial charge is 0.294 e. The summed E-state index contributed by atoms with van der Waals surface area (Å²) in [6.07, 6.45) is 0.411. The predicted octanol–water partition coefficient (Wildman–Crippen LogP) is 10.7. The minimum absolute atomic E-state index is 0.00525. The van der Waals surface area contributed by atoms with E-state index in [0.29, 0.717) is 50.6 Å². The molecular weight excluding hydrogens is 681 g/mol. The van der Waals surface area contributed by atoms with E-state index in [1.54, 1.807) is 42.5 Å². The van der Waals surface area contributed by atoms with Crippen molar-refractivity contribution >= 4 is 52.1 Å². The SMILES string of the molecule is CCC(Oc1ccc(C(C)(C)CC)cc1C(C)(C)CC)C(=O)Nc1cc(Cl)ccc1N1N=C(c2ccc(Cl)cc2)C(Oc2ccc(C)cc2)C1=O. The summed E-state index contributed by atoms with van der Waals surface area (Å²) < 4.78 is 12.8. The van der Waals surface area contributed by atoms with Crippen molar-refractivity contribution in [2.24, 2.45) is 5.10 Å². The first-order chi connectivity index (χ1) is 24.2. The van der Waals surface area contributed by atoms with Gasteiger partial charge in [0.1, 0.15) is 17.2 Å². The Labute approximate surface area is 311 Å². The van der Waals surface area contributed by atoms with Crippen LogP contribution in [-0.2, 0) is 20.4 Å². The average molecular weight is 729 g/mol. The summed E-state index contributed by atoms with van der Waals surface area (Å²) in [6.45, 7) is 17.1. The molecule has 4 aromatic rings. The monoisotopic (exact) mass is 727 g/mol. The summed E-state index contributed by atoms with van der Waals surface area (Å²) in [5.41, 5.74) is 4.89. The molecule has 0 aliphatic carbocycles. The third kappa shape index (κ3) is 8.43. The maximum absolute atomic E-state index is 14.2. The number of ether oxygens (including phenoxy) is 2. The van der Waals surface area contributed by atoms with Crippen LogP contribution in [0.2, 0.25) is 10.0 Å². The lowest BCUT2D eigenvalue weighted by Crippen LogP contribution is -2.37. The van der Waals surface area contributed by atoms with Crippen molar-refractivity contribution in [2.75, 3.05) is 10.3 Å². The van der Waals surface area contributed by atoms with Gasteiger partial charge in [-0.05, 0) is 91.1 Å². The maximum Gasteiger partial charge on any atom is 0.294 e. The highest BCUT2D eigenvalue weighted by atomic mass is 35.5. The highest BCUT2D eigenvalue weighted by Gasteiger charge is 2.41. The normalized spacial score (nSPS) is 15.4. The first-order valence-corrected chi connectivity index (χ1v) is 18.3. The van der Waals surface area contributed by atoms with Crippen molar-refractivity contribution < 1.29 is 19.1 Å². The molecule has 0 aromatic heterocycles. The maximum atomic E-state index is 14.2. The van der Waals surface area contributed by atoms with Crippen LogP contribution in [0.3, 0.4) is 0 Å². The molecule has 5 rings (SSSR count). The van der Waals surface area contributed by atoms with Gasteiger partial charge in [0.15, 0.2) is 6.10 Å². The molecule has 1 aliphatic heterocycles. The fourth-order valence-corrected chi connectivity index (χ4v) is 6.06. The van der Waals surface area contributed by atoms with Gasteiger partial charge in [0.25, 0.3) is 11.8 Å². The molecule has 2 amide bonds. The summed E-state index contributed by atoms with van der Waals surface area (Å²) in [5.74, 6) is 0.393. The molecule has 0 saturated carbocycles. The van der Waals surface area contributed by atoms with Crippen LogP contribution < -0.4 is 19.8 Å². The molecule has 2 atom stereocenters. The predicted molar refractivity (Wildman–Crippen MR) is 209 cm³/mol. The average Bonchev–Trinajstić information content (AvgIpc) is 3.43. The van der Waals surface area contributed by atoms with Crippen LogP contribution in [0.5, 0.6) is 11.5 Å². The minimum Gasteiger partial charge on any atom is -0.480 e. The van der Waals surface area contributed by atoms with Crippen LogP contribution in [0.4, 0.5) is 11.4 Å². The molecule has 0 spiro atoms. The van der Waals surface area contributed by atoms with E-state index >= 15 is 0 Å². The van der Waals surface area contributed by atoms with E-state index in [0.717, 1.165) is 24.0 Å². The van der Waals surface area contributed by atoms with Crippen LogP contribution in [0.1, 0.15) is 90.0 Å². The largest absolute Gasteiger partial charge is 0.480 e. The van der Waals surface area contributed by atoms with Crippen molar-refractivity contribution in [2.45, 2.75) is 97.7 Å². The Morgan fingerprint density at radius 2 is 1.51 bits per heavy atom. The highest BCUT2D eigenvalue weighted by molar-refractivity contribution is 6.32. The Hall–Kier alpha value is -4.33. The Morgan fingerprint density at radius 3 is 2.14 bits per heavy atom. The minimum atomic E-state index is -1.05. The zero-order chi connectivity index (χ0) is 37.1. The van der Waals surface area contributed by atoms with Gasteiger partial charge in [-0.1, -0.05) is 114 Å². The quantitative estimate of drug-likeness (QED) is 0.149. The summed E-state index contributed by atoms with van der Waals surface area (Å²) in [5, 5.41) is 9.94. The second kappa shape index (κ2) is 15.5. The standard InChI is InChI=1S/C42H47Cl2N3O4/c1-9-35(51-36-23-16-28(41(5,6)10-2)24-32(36)42(7,8)11-3)39(48)45-33-25-30(44)19-22-34(33)47-40(49)38(50-31-20-12-26(4)13-21-31)37(46-47)27-14-17-29(43)18-15-27/h12-25,35,38H,9-11H2,1-8H3,(H,45,48). The number of halogens is 2. The number of carbonyl (C=O) groups excluding carboxylic acids is 2. The van der Waals surface area contributed by atoms with Crippen LogP contribution in [0.15, 0.2) is 90.0 Å². The molecule has 0 bridgehead atoms. The van der Waals surface area contributed by atoms with E-state index in [9.17, 15) is 9.59 Å². The fourth-order valence-electron chi connectivity index (χ4n) is 5.76. The Morgan fingerprint density at radius 1 is 0.863 bits per heavy atom. The van der Waals surface area contributed by atoms with Crippen LogP contribution in [-0.4, -0.2) is 29.7 Å². The van der Waals surface area contributed by atoms with Gasteiger partial charge in [-0.3, -0.25) is 9.59 Å². The van der Waals surface area contributed by atoms with Crippen LogP contribution in [0.25, 0.3) is 0 Å². The number of hydrogen-bond donors (Lipinski definition) is 1. The molecule has 51 heavy (non-hydrogen) atoms. The van der Waals surface area contributed by atoms with E-state index in [2.05, 4.69) is 59.0 Å². The topological polar surface area (TPSA) is 80.2 Å². The summed E-state index contributed by atoms with van der Waals surface area (Å²) in [4.78, 5) is 28.2. The summed E-state index contributed by atoms with van der Waals surface area (Å²) in [6, 6.07) is 25.7. The zero-order valence-corrected chi connectivity index (χ0v) is 32.2. The lowest BCUT2D eigenvalue weighted by Gasteiger charge is -2.31. The molecule has 1 heterocycles. The van der Waals surface area contributed by atoms with Crippen LogP contribution >= 0.6 is 23.2 Å². The highest BCUT2D eigenvalue weighted by Crippen LogP contribution is 2.40. The summed E-state index contributed by atoms with van der Waals surface area (Å²) in [7, 11) is 0. The van der Waals surface area contributed by atoms with Crippen molar-refractivity contribution in [3.8, 4) is 11.5 Å². The molecule has 0 fully saturated rings. The fraction of sp³-hybridized carbons (Fsp3) is 0.357. The van der Waals surface area contributed by atoms with E-state index in [1.165, 1.54) is 10.6 Å². The van der Waals surface area contributed by atoms with Gasteiger partial charge in [0, 0.05) is 21.2 Å². The van der Waals surface area contributed by atoms with Crippen molar-refractivity contribution in [3.05, 3.63) is 117 Å². The lowest BCUT2D eigenvalue weighted by atomic mass is 9.76. The van der Waals surface area contributed by atoms with E-state index in [1.807, 2.05) is 44.2 Å². The lowest BCUT2D eigenvalue weighted by molar-refractivity contribution is -0.123. The first kappa shape index (κ1) is 37.9. The number of nitrogens with one attached hydrogen (secondary N) is 1. The van der Waals surface area contributed by atoms with Gasteiger partial charge in [-0.15, -0.1) is 0 Å². The number of amides is 2. The number of hydrazone groups is 1. The molecule has 1 aliphatic rings. The molecule has 268 valence electrons. The second-order valence-corrected chi connectivity index (χ2v) is 15.2. The van der Waals surface area contributed by atoms with Gasteiger partial charge in [0.2, 0.25) is 6.10 Å². The Balaban J connectivity index is 1.47. The third-order valence-electron chi connectivity index (χ3n) is 9.94. The molecule has 0 saturated heterocycles. The van der Waals surface area contributed by atoms with Crippen molar-refractivity contribution in [3.63, 3.8) is 0 Å². The molecule has 7 nitrogen and oxygen atoms in total. The third-order valence-corrected chi connectivity index (χ3v) is 10.4. The molecule has 9 heteroatoms. The van der Waals surface area contributed by atoms with Gasteiger partial charge >= 0.3 is 0 Å². The number of benzene rings is 4. The molecule has 1 N–H and O–H groups in total. The molecular formula is C42H47Cl2N3O4. The molecule has 0 radical (unpaired) electrons. The van der Waals surface area contributed by atoms with Gasteiger partial charge < -0.3 is 14.8 Å². The van der Waals surface area contributed by atoms with Crippen molar-refractivity contribution in [1.29, 1.82) is 0 Å². The van der Waals surface area contributed by atoms with Gasteiger partial charge in [-0.2, -0.15) is 10.1 Å². The van der Waals surface area contributed by atoms with Crippen LogP contribution in [0, 0.1) is 6.92 Å². The van der Waals surface area contributed by atoms with E-state index in [-0.39, 0.29) is 16.7 Å². The molecule has 4 aromatic carbocycles. The number of anilines is 2. The first-order valence-electron chi connectivity index (χ1n) is 17.5. The number of carbonyl (C=O) groups is 2. The number of nitrogens with zero attached hydrogens (tertiary/aromatic N) is 2. The number of rotatable bonds is 13.